The molecule has 1 aromatic carbocycles. The number of anilines is 2. The molecule has 19 heavy (non-hydrogen) atoms. The molecule has 98 valence electrons. The minimum absolute atomic E-state index is 0.0104. The Balaban J connectivity index is 2.06. The number of hydrogen-bond donors (Lipinski definition) is 2. The van der Waals surface area contributed by atoms with Crippen LogP contribution in [0.1, 0.15) is 5.69 Å². The molecule has 0 saturated carbocycles. The van der Waals surface area contributed by atoms with Gasteiger partial charge in [0.25, 0.3) is 5.69 Å². The zero-order valence-corrected chi connectivity index (χ0v) is 10.4. The second-order valence-electron chi connectivity index (χ2n) is 3.64. The molecular weight excluding hydrogens is 270 g/mol. The van der Waals surface area contributed by atoms with Crippen LogP contribution in [-0.4, -0.2) is 21.0 Å². The highest BCUT2D eigenvalue weighted by Crippen LogP contribution is 2.23. The van der Waals surface area contributed by atoms with Crippen molar-refractivity contribution in [1.82, 2.24) is 4.98 Å². The molecule has 2 rings (SSSR count). The van der Waals surface area contributed by atoms with Crippen LogP contribution in [0.4, 0.5) is 16.5 Å². The Morgan fingerprint density at radius 1 is 1.42 bits per heavy atom. The van der Waals surface area contributed by atoms with Gasteiger partial charge in [0.2, 0.25) is 0 Å². The van der Waals surface area contributed by atoms with Crippen molar-refractivity contribution in [1.29, 1.82) is 0 Å². The highest BCUT2D eigenvalue weighted by molar-refractivity contribution is 7.13. The van der Waals surface area contributed by atoms with Gasteiger partial charge in [-0.05, 0) is 12.1 Å². The van der Waals surface area contributed by atoms with Crippen molar-refractivity contribution in [3.63, 3.8) is 0 Å². The third kappa shape index (κ3) is 3.49. The summed E-state index contributed by atoms with van der Waals surface area (Å²) in [4.78, 5) is 24.6. The Kier molecular flexibility index (Phi) is 3.71. The van der Waals surface area contributed by atoms with Crippen molar-refractivity contribution in [3.8, 4) is 0 Å². The first-order valence-corrected chi connectivity index (χ1v) is 6.10. The zero-order valence-electron chi connectivity index (χ0n) is 9.57. The lowest BCUT2D eigenvalue weighted by molar-refractivity contribution is -0.384. The predicted octanol–water partition coefficient (Wildman–Crippen LogP) is 2.42. The molecule has 0 aliphatic rings. The Bertz CT molecular complexity index is 609. The number of aliphatic carboxylic acids is 1. The summed E-state index contributed by atoms with van der Waals surface area (Å²) in [6.07, 6.45) is -0.127. The van der Waals surface area contributed by atoms with Gasteiger partial charge in [0, 0.05) is 23.2 Å². The van der Waals surface area contributed by atoms with Crippen LogP contribution >= 0.6 is 11.3 Å². The van der Waals surface area contributed by atoms with Crippen LogP contribution in [-0.2, 0) is 11.2 Å². The fraction of sp³-hybridized carbons (Fsp3) is 0.0909. The van der Waals surface area contributed by atoms with Gasteiger partial charge in [0.05, 0.1) is 17.0 Å². The largest absolute Gasteiger partial charge is 0.481 e. The van der Waals surface area contributed by atoms with Gasteiger partial charge >= 0.3 is 5.97 Å². The van der Waals surface area contributed by atoms with E-state index in [0.29, 0.717) is 16.5 Å². The van der Waals surface area contributed by atoms with Crippen LogP contribution in [0.15, 0.2) is 29.6 Å². The molecule has 0 unspecified atom stereocenters. The van der Waals surface area contributed by atoms with Crippen molar-refractivity contribution < 1.29 is 14.8 Å². The summed E-state index contributed by atoms with van der Waals surface area (Å²) in [7, 11) is 0. The number of benzene rings is 1. The topological polar surface area (TPSA) is 105 Å². The highest BCUT2D eigenvalue weighted by atomic mass is 32.1. The highest BCUT2D eigenvalue weighted by Gasteiger charge is 2.07. The number of carbonyl (C=O) groups is 1. The van der Waals surface area contributed by atoms with Crippen molar-refractivity contribution in [2.75, 3.05) is 5.32 Å². The number of non-ortho nitro benzene ring substituents is 1. The molecule has 1 heterocycles. The number of carboxylic acids is 1. The molecule has 0 aliphatic carbocycles. The number of aromatic nitrogens is 1. The van der Waals surface area contributed by atoms with Gasteiger partial charge in [-0.15, -0.1) is 11.3 Å². The van der Waals surface area contributed by atoms with Gasteiger partial charge in [0.1, 0.15) is 0 Å². The maximum Gasteiger partial charge on any atom is 0.309 e. The van der Waals surface area contributed by atoms with E-state index in [4.69, 9.17) is 5.11 Å². The quantitative estimate of drug-likeness (QED) is 0.643. The van der Waals surface area contributed by atoms with E-state index in [1.807, 2.05) is 0 Å². The van der Waals surface area contributed by atoms with E-state index in [1.54, 1.807) is 17.5 Å². The van der Waals surface area contributed by atoms with Crippen molar-refractivity contribution in [2.24, 2.45) is 0 Å². The van der Waals surface area contributed by atoms with E-state index in [1.165, 1.54) is 23.5 Å². The van der Waals surface area contributed by atoms with Gasteiger partial charge in [-0.1, -0.05) is 0 Å². The monoisotopic (exact) mass is 279 g/mol. The molecule has 0 fully saturated rings. The van der Waals surface area contributed by atoms with Gasteiger partial charge in [0.15, 0.2) is 5.13 Å². The smallest absolute Gasteiger partial charge is 0.309 e. The van der Waals surface area contributed by atoms with E-state index >= 15 is 0 Å². The standard InChI is InChI=1S/C11H9N3O4S/c15-10(16)5-8-6-19-11(13-8)12-7-1-3-9(4-2-7)14(17)18/h1-4,6H,5H2,(H,12,13)(H,15,16). The van der Waals surface area contributed by atoms with Crippen LogP contribution in [0.5, 0.6) is 0 Å². The molecule has 8 heteroatoms. The Morgan fingerprint density at radius 2 is 2.11 bits per heavy atom. The molecule has 2 aromatic rings. The summed E-state index contributed by atoms with van der Waals surface area (Å²) < 4.78 is 0. The number of nitro benzene ring substituents is 1. The minimum atomic E-state index is -0.938. The lowest BCUT2D eigenvalue weighted by Crippen LogP contribution is -2.00. The Morgan fingerprint density at radius 3 is 2.68 bits per heavy atom. The van der Waals surface area contributed by atoms with Gasteiger partial charge in [-0.3, -0.25) is 14.9 Å². The molecule has 1 aromatic heterocycles. The Labute approximate surface area is 111 Å². The van der Waals surface area contributed by atoms with Gasteiger partial charge < -0.3 is 10.4 Å². The lowest BCUT2D eigenvalue weighted by Gasteiger charge is -2.01. The first-order valence-electron chi connectivity index (χ1n) is 5.22. The van der Waals surface area contributed by atoms with Crippen molar-refractivity contribution in [2.45, 2.75) is 6.42 Å². The SMILES string of the molecule is O=C(O)Cc1csc(Nc2ccc([N+](=O)[O-])cc2)n1. The number of nitrogens with one attached hydrogen (secondary N) is 1. The predicted molar refractivity (Wildman–Crippen MR) is 69.8 cm³/mol. The van der Waals surface area contributed by atoms with Crippen LogP contribution < -0.4 is 5.32 Å². The van der Waals surface area contributed by atoms with E-state index < -0.39 is 10.9 Å². The maximum atomic E-state index is 10.5. The molecule has 2 N–H and O–H groups in total. The second kappa shape index (κ2) is 5.44. The summed E-state index contributed by atoms with van der Waals surface area (Å²) in [6, 6.07) is 5.90. The van der Waals surface area contributed by atoms with Gasteiger partial charge in [-0.25, -0.2) is 4.98 Å². The number of carboxylic acid groups (broad SMARTS) is 1. The summed E-state index contributed by atoms with van der Waals surface area (Å²) in [5, 5.41) is 24.3. The zero-order chi connectivity index (χ0) is 13.8. The molecule has 0 atom stereocenters. The van der Waals surface area contributed by atoms with E-state index in [2.05, 4.69) is 10.3 Å². The molecule has 0 bridgehead atoms. The van der Waals surface area contributed by atoms with Crippen molar-refractivity contribution in [3.05, 3.63) is 45.5 Å². The Hall–Kier alpha value is -2.48. The number of nitrogens with zero attached hydrogens (tertiary/aromatic N) is 2. The molecular formula is C11H9N3O4S. The van der Waals surface area contributed by atoms with Crippen LogP contribution in [0.2, 0.25) is 0 Å². The molecule has 0 saturated heterocycles. The summed E-state index contributed by atoms with van der Waals surface area (Å²) in [6.45, 7) is 0. The minimum Gasteiger partial charge on any atom is -0.481 e. The third-order valence-corrected chi connectivity index (χ3v) is 3.02. The first kappa shape index (κ1) is 13.0. The van der Waals surface area contributed by atoms with Crippen molar-refractivity contribution >= 4 is 33.8 Å². The van der Waals surface area contributed by atoms with E-state index in [-0.39, 0.29) is 12.1 Å². The van der Waals surface area contributed by atoms with E-state index in [9.17, 15) is 14.9 Å². The van der Waals surface area contributed by atoms with Gasteiger partial charge in [-0.2, -0.15) is 0 Å². The lowest BCUT2D eigenvalue weighted by atomic mass is 10.3. The number of thiazole rings is 1. The number of hydrogen-bond acceptors (Lipinski definition) is 6. The molecule has 0 amide bonds. The summed E-state index contributed by atoms with van der Waals surface area (Å²) >= 11 is 1.28. The molecule has 7 nitrogen and oxygen atoms in total. The molecule has 0 radical (unpaired) electrons. The second-order valence-corrected chi connectivity index (χ2v) is 4.50. The number of nitro groups is 1. The average Bonchev–Trinajstić information content (AvgIpc) is 2.76. The van der Waals surface area contributed by atoms with E-state index in [0.717, 1.165) is 0 Å². The fourth-order valence-electron chi connectivity index (χ4n) is 1.39. The summed E-state index contributed by atoms with van der Waals surface area (Å²) in [5.74, 6) is -0.938. The van der Waals surface area contributed by atoms with Crippen LogP contribution in [0.25, 0.3) is 0 Å². The first-order chi connectivity index (χ1) is 9.04. The van der Waals surface area contributed by atoms with Crippen LogP contribution in [0.3, 0.4) is 0 Å². The fourth-order valence-corrected chi connectivity index (χ4v) is 2.12. The normalized spacial score (nSPS) is 10.1. The molecule has 0 spiro atoms. The maximum absolute atomic E-state index is 10.5. The summed E-state index contributed by atoms with van der Waals surface area (Å²) in [5.41, 5.74) is 1.14. The average molecular weight is 279 g/mol. The third-order valence-electron chi connectivity index (χ3n) is 2.21. The number of rotatable bonds is 5. The van der Waals surface area contributed by atoms with Crippen LogP contribution in [0, 0.1) is 10.1 Å². The molecule has 0 aliphatic heterocycles.